The van der Waals surface area contributed by atoms with Crippen molar-refractivity contribution in [1.29, 1.82) is 0 Å². The number of carbonyl (C=O) groups is 2. The van der Waals surface area contributed by atoms with Crippen LogP contribution in [0.25, 0.3) is 22.2 Å². The molecule has 2 aromatic carbocycles. The summed E-state index contributed by atoms with van der Waals surface area (Å²) in [4.78, 5) is 28.5. The normalized spacial score (nSPS) is 11.6. The van der Waals surface area contributed by atoms with Crippen LogP contribution in [0, 0.1) is 0 Å². The standard InChI is InChI=1S/C22H22ClN3O4/c1-4-30-21(27)13(2)24-22(28)25-16-8-9-18-17(11-16)20(29-3)12-19(26-18)14-6-5-7-15(23)10-14/h5-13H,4H2,1-3H3,(H2,24,25,28)/t13-/m1/s1. The zero-order valence-corrected chi connectivity index (χ0v) is 17.6. The fourth-order valence-corrected chi connectivity index (χ4v) is 3.12. The number of pyridine rings is 1. The predicted molar refractivity (Wildman–Crippen MR) is 117 cm³/mol. The highest BCUT2D eigenvalue weighted by atomic mass is 35.5. The van der Waals surface area contributed by atoms with Gasteiger partial charge in [0.1, 0.15) is 11.8 Å². The quantitative estimate of drug-likeness (QED) is 0.559. The number of benzene rings is 2. The molecule has 0 bridgehead atoms. The van der Waals surface area contributed by atoms with Crippen molar-refractivity contribution in [3.63, 3.8) is 0 Å². The maximum Gasteiger partial charge on any atom is 0.328 e. The molecule has 3 aromatic rings. The van der Waals surface area contributed by atoms with Crippen LogP contribution in [0.1, 0.15) is 13.8 Å². The molecule has 0 spiro atoms. The number of rotatable bonds is 6. The van der Waals surface area contributed by atoms with E-state index in [0.717, 1.165) is 16.6 Å². The molecular formula is C22H22ClN3O4. The minimum atomic E-state index is -0.762. The highest BCUT2D eigenvalue weighted by Crippen LogP contribution is 2.32. The Morgan fingerprint density at radius 3 is 2.67 bits per heavy atom. The van der Waals surface area contributed by atoms with E-state index in [9.17, 15) is 9.59 Å². The first-order valence-electron chi connectivity index (χ1n) is 9.40. The van der Waals surface area contributed by atoms with Gasteiger partial charge in [-0.05, 0) is 44.2 Å². The second kappa shape index (κ2) is 9.45. The van der Waals surface area contributed by atoms with Gasteiger partial charge in [0.05, 0.1) is 24.9 Å². The lowest BCUT2D eigenvalue weighted by atomic mass is 10.1. The van der Waals surface area contributed by atoms with Crippen LogP contribution in [0.4, 0.5) is 10.5 Å². The molecule has 156 valence electrons. The van der Waals surface area contributed by atoms with Gasteiger partial charge < -0.3 is 20.1 Å². The van der Waals surface area contributed by atoms with Crippen LogP contribution in [-0.2, 0) is 9.53 Å². The number of anilines is 1. The number of aromatic nitrogens is 1. The molecule has 0 unspecified atom stereocenters. The third kappa shape index (κ3) is 4.99. The average molecular weight is 428 g/mol. The number of carbonyl (C=O) groups excluding carboxylic acids is 2. The van der Waals surface area contributed by atoms with E-state index in [2.05, 4.69) is 15.6 Å². The topological polar surface area (TPSA) is 89.5 Å². The van der Waals surface area contributed by atoms with E-state index in [0.29, 0.717) is 22.0 Å². The van der Waals surface area contributed by atoms with E-state index in [-0.39, 0.29) is 6.61 Å². The Morgan fingerprint density at radius 1 is 1.17 bits per heavy atom. The van der Waals surface area contributed by atoms with Gasteiger partial charge in [-0.1, -0.05) is 23.7 Å². The molecule has 2 amide bonds. The molecule has 0 fully saturated rings. The molecule has 8 heteroatoms. The van der Waals surface area contributed by atoms with Crippen molar-refractivity contribution in [2.45, 2.75) is 19.9 Å². The van der Waals surface area contributed by atoms with Crippen molar-refractivity contribution in [2.24, 2.45) is 0 Å². The van der Waals surface area contributed by atoms with Gasteiger partial charge in [0, 0.05) is 27.7 Å². The fourth-order valence-electron chi connectivity index (χ4n) is 2.93. The summed E-state index contributed by atoms with van der Waals surface area (Å²) in [6.07, 6.45) is 0. The van der Waals surface area contributed by atoms with Crippen LogP contribution in [0.15, 0.2) is 48.5 Å². The molecule has 1 aromatic heterocycles. The molecule has 3 rings (SSSR count). The zero-order valence-electron chi connectivity index (χ0n) is 16.9. The third-order valence-corrected chi connectivity index (χ3v) is 4.59. The zero-order chi connectivity index (χ0) is 21.7. The van der Waals surface area contributed by atoms with Crippen molar-refractivity contribution >= 4 is 40.2 Å². The van der Waals surface area contributed by atoms with Crippen molar-refractivity contribution in [3.05, 3.63) is 53.6 Å². The van der Waals surface area contributed by atoms with Crippen LogP contribution < -0.4 is 15.4 Å². The number of ether oxygens (including phenoxy) is 2. The van der Waals surface area contributed by atoms with Gasteiger partial charge in [-0.15, -0.1) is 0 Å². The monoisotopic (exact) mass is 427 g/mol. The number of urea groups is 1. The number of hydrogen-bond donors (Lipinski definition) is 2. The Morgan fingerprint density at radius 2 is 1.97 bits per heavy atom. The van der Waals surface area contributed by atoms with E-state index in [1.54, 1.807) is 45.2 Å². The van der Waals surface area contributed by atoms with Crippen molar-refractivity contribution in [2.75, 3.05) is 19.0 Å². The van der Waals surface area contributed by atoms with Gasteiger partial charge in [0.25, 0.3) is 0 Å². The molecular weight excluding hydrogens is 406 g/mol. The first-order chi connectivity index (χ1) is 14.4. The van der Waals surface area contributed by atoms with Gasteiger partial charge in [-0.25, -0.2) is 14.6 Å². The molecule has 30 heavy (non-hydrogen) atoms. The van der Waals surface area contributed by atoms with E-state index < -0.39 is 18.0 Å². The maximum absolute atomic E-state index is 12.2. The largest absolute Gasteiger partial charge is 0.496 e. The van der Waals surface area contributed by atoms with Gasteiger partial charge in [-0.2, -0.15) is 0 Å². The number of fused-ring (bicyclic) bond motifs is 1. The van der Waals surface area contributed by atoms with Crippen LogP contribution in [0.5, 0.6) is 5.75 Å². The molecule has 0 radical (unpaired) electrons. The summed E-state index contributed by atoms with van der Waals surface area (Å²) in [5.41, 5.74) is 2.84. The average Bonchev–Trinajstić information content (AvgIpc) is 2.73. The van der Waals surface area contributed by atoms with Crippen LogP contribution in [-0.4, -0.2) is 36.7 Å². The first-order valence-corrected chi connectivity index (χ1v) is 9.78. The number of esters is 1. The van der Waals surface area contributed by atoms with Crippen LogP contribution >= 0.6 is 11.6 Å². The van der Waals surface area contributed by atoms with Gasteiger partial charge in [0.15, 0.2) is 0 Å². The Balaban J connectivity index is 1.84. The Labute approximate surface area is 179 Å². The minimum absolute atomic E-state index is 0.251. The molecule has 2 N–H and O–H groups in total. The number of amides is 2. The molecule has 1 heterocycles. The number of nitrogens with zero attached hydrogens (tertiary/aromatic N) is 1. The first kappa shape index (κ1) is 21.4. The number of nitrogens with one attached hydrogen (secondary N) is 2. The van der Waals surface area contributed by atoms with E-state index >= 15 is 0 Å². The number of hydrogen-bond acceptors (Lipinski definition) is 5. The summed E-state index contributed by atoms with van der Waals surface area (Å²) in [5, 5.41) is 6.61. The van der Waals surface area contributed by atoms with E-state index in [1.807, 2.05) is 24.3 Å². The maximum atomic E-state index is 12.2. The second-order valence-electron chi connectivity index (χ2n) is 6.52. The van der Waals surface area contributed by atoms with Gasteiger partial charge in [-0.3, -0.25) is 0 Å². The number of halogens is 1. The Hall–Kier alpha value is -3.32. The fraction of sp³-hybridized carbons (Fsp3) is 0.227. The molecule has 0 aliphatic rings. The lowest BCUT2D eigenvalue weighted by Crippen LogP contribution is -2.41. The smallest absolute Gasteiger partial charge is 0.328 e. The second-order valence-corrected chi connectivity index (χ2v) is 6.96. The molecule has 7 nitrogen and oxygen atoms in total. The van der Waals surface area contributed by atoms with Crippen molar-refractivity contribution in [1.82, 2.24) is 10.3 Å². The Bertz CT molecular complexity index is 1090. The molecule has 0 aliphatic heterocycles. The Kier molecular flexibility index (Phi) is 6.74. The number of methoxy groups -OCH3 is 1. The summed E-state index contributed by atoms with van der Waals surface area (Å²) >= 11 is 6.09. The van der Waals surface area contributed by atoms with Gasteiger partial charge in [0.2, 0.25) is 0 Å². The van der Waals surface area contributed by atoms with Gasteiger partial charge >= 0.3 is 12.0 Å². The van der Waals surface area contributed by atoms with E-state index in [4.69, 9.17) is 21.1 Å². The van der Waals surface area contributed by atoms with Crippen molar-refractivity contribution in [3.8, 4) is 17.0 Å². The minimum Gasteiger partial charge on any atom is -0.496 e. The highest BCUT2D eigenvalue weighted by Gasteiger charge is 2.17. The molecule has 1 atom stereocenters. The summed E-state index contributed by atoms with van der Waals surface area (Å²) < 4.78 is 10.4. The molecule has 0 saturated carbocycles. The molecule has 0 saturated heterocycles. The summed E-state index contributed by atoms with van der Waals surface area (Å²) in [6.45, 7) is 3.52. The lowest BCUT2D eigenvalue weighted by molar-refractivity contribution is -0.144. The van der Waals surface area contributed by atoms with Crippen LogP contribution in [0.2, 0.25) is 5.02 Å². The molecule has 0 aliphatic carbocycles. The lowest BCUT2D eigenvalue weighted by Gasteiger charge is -2.14. The van der Waals surface area contributed by atoms with Crippen molar-refractivity contribution < 1.29 is 19.1 Å². The summed E-state index contributed by atoms with van der Waals surface area (Å²) in [7, 11) is 1.57. The third-order valence-electron chi connectivity index (χ3n) is 4.36. The summed E-state index contributed by atoms with van der Waals surface area (Å²) in [6, 6.07) is 13.2. The van der Waals surface area contributed by atoms with E-state index in [1.165, 1.54) is 0 Å². The predicted octanol–water partition coefficient (Wildman–Crippen LogP) is 4.64. The van der Waals surface area contributed by atoms with Crippen LogP contribution in [0.3, 0.4) is 0 Å². The SMILES string of the molecule is CCOC(=O)[C@@H](C)NC(=O)Nc1ccc2nc(-c3cccc(Cl)c3)cc(OC)c2c1. The highest BCUT2D eigenvalue weighted by molar-refractivity contribution is 6.30. The summed E-state index contributed by atoms with van der Waals surface area (Å²) in [5.74, 6) is 0.115.